The Bertz CT molecular complexity index is 970. The van der Waals surface area contributed by atoms with Crippen molar-refractivity contribution in [3.8, 4) is 11.9 Å². The first-order valence-corrected chi connectivity index (χ1v) is 9.03. The molecule has 0 bridgehead atoms. The number of nitrogens with zero attached hydrogens (tertiary/aromatic N) is 8. The van der Waals surface area contributed by atoms with Crippen LogP contribution in [0.2, 0.25) is 0 Å². The van der Waals surface area contributed by atoms with E-state index >= 15 is 0 Å². The molecule has 0 unspecified atom stereocenters. The molecular weight excluding hydrogens is 354 g/mol. The van der Waals surface area contributed by atoms with Gasteiger partial charge in [-0.2, -0.15) is 5.26 Å². The van der Waals surface area contributed by atoms with E-state index in [2.05, 4.69) is 55.2 Å². The van der Waals surface area contributed by atoms with Crippen molar-refractivity contribution in [2.24, 2.45) is 0 Å². The fourth-order valence-electron chi connectivity index (χ4n) is 3.21. The van der Waals surface area contributed by atoms with Gasteiger partial charge in [0.25, 0.3) is 0 Å². The van der Waals surface area contributed by atoms with Crippen LogP contribution in [0, 0.1) is 11.3 Å². The zero-order valence-corrected chi connectivity index (χ0v) is 15.8. The molecule has 9 nitrogen and oxygen atoms in total. The van der Waals surface area contributed by atoms with E-state index in [1.54, 1.807) is 6.33 Å². The zero-order chi connectivity index (χ0) is 19.5. The first kappa shape index (κ1) is 17.9. The fourth-order valence-corrected chi connectivity index (χ4v) is 3.21. The van der Waals surface area contributed by atoms with E-state index in [1.807, 2.05) is 29.1 Å². The Morgan fingerprint density at radius 2 is 2.00 bits per heavy atom. The highest BCUT2D eigenvalue weighted by Gasteiger charge is 2.24. The fraction of sp³-hybridized carbons (Fsp3) is 0.316. The van der Waals surface area contributed by atoms with E-state index in [4.69, 9.17) is 5.26 Å². The van der Waals surface area contributed by atoms with Crippen molar-refractivity contribution in [3.63, 3.8) is 0 Å². The molecule has 1 fully saturated rings. The van der Waals surface area contributed by atoms with Gasteiger partial charge in [0.05, 0.1) is 30.5 Å². The number of aromatic nitrogens is 5. The number of nitrogens with one attached hydrogen (secondary N) is 1. The van der Waals surface area contributed by atoms with Crippen molar-refractivity contribution in [1.82, 2.24) is 29.4 Å². The number of rotatable bonds is 5. The van der Waals surface area contributed by atoms with Gasteiger partial charge in [-0.15, -0.1) is 0 Å². The van der Waals surface area contributed by atoms with Crippen LogP contribution in [-0.4, -0.2) is 62.6 Å². The molecule has 1 atom stereocenters. The van der Waals surface area contributed by atoms with Crippen LogP contribution in [0.1, 0.15) is 12.1 Å². The Morgan fingerprint density at radius 3 is 2.64 bits per heavy atom. The van der Waals surface area contributed by atoms with Gasteiger partial charge in [-0.3, -0.25) is 4.57 Å². The van der Waals surface area contributed by atoms with Crippen molar-refractivity contribution in [1.29, 1.82) is 5.26 Å². The lowest BCUT2D eigenvalue weighted by Crippen LogP contribution is -2.31. The van der Waals surface area contributed by atoms with Crippen LogP contribution in [0.4, 0.5) is 17.3 Å². The standard InChI is InChI=1S/C19H21N9/c1-26(2)16-5-6-27(11-16)15-3-4-19(23-9-15)28-12-18(24-13-28)25-17-10-21-14(7-20)8-22-17/h3-4,8-10,12-13,16H,5-6,11H2,1-2H3,(H,22,25)/t16-/m1/s1. The van der Waals surface area contributed by atoms with E-state index in [0.717, 1.165) is 24.6 Å². The molecule has 1 N–H and O–H groups in total. The molecule has 28 heavy (non-hydrogen) atoms. The summed E-state index contributed by atoms with van der Waals surface area (Å²) in [6, 6.07) is 6.62. The van der Waals surface area contributed by atoms with Gasteiger partial charge in [-0.05, 0) is 32.6 Å². The summed E-state index contributed by atoms with van der Waals surface area (Å²) in [4.78, 5) is 21.7. The lowest BCUT2D eigenvalue weighted by atomic mass is 10.2. The molecule has 4 heterocycles. The predicted octanol–water partition coefficient (Wildman–Crippen LogP) is 1.81. The van der Waals surface area contributed by atoms with Gasteiger partial charge in [0.15, 0.2) is 5.69 Å². The van der Waals surface area contributed by atoms with Gasteiger partial charge in [0.1, 0.15) is 29.9 Å². The van der Waals surface area contributed by atoms with Crippen molar-refractivity contribution in [3.05, 3.63) is 48.9 Å². The number of hydrogen-bond acceptors (Lipinski definition) is 8. The highest BCUT2D eigenvalue weighted by atomic mass is 15.2. The van der Waals surface area contributed by atoms with Gasteiger partial charge >= 0.3 is 0 Å². The molecule has 4 rings (SSSR count). The van der Waals surface area contributed by atoms with Crippen LogP contribution in [0.3, 0.4) is 0 Å². The summed E-state index contributed by atoms with van der Waals surface area (Å²) in [5, 5.41) is 11.8. The maximum absolute atomic E-state index is 8.77. The Balaban J connectivity index is 1.43. The third-order valence-corrected chi connectivity index (χ3v) is 4.86. The van der Waals surface area contributed by atoms with E-state index in [-0.39, 0.29) is 5.69 Å². The maximum Gasteiger partial charge on any atom is 0.158 e. The molecule has 3 aromatic rings. The monoisotopic (exact) mass is 375 g/mol. The SMILES string of the molecule is CN(C)[C@@H]1CCN(c2ccc(-n3cnc(Nc4cnc(C#N)cn4)c3)nc2)C1. The summed E-state index contributed by atoms with van der Waals surface area (Å²) >= 11 is 0. The minimum atomic E-state index is 0.273. The van der Waals surface area contributed by atoms with Gasteiger partial charge < -0.3 is 15.1 Å². The Kier molecular flexibility index (Phi) is 4.87. The number of hydrogen-bond donors (Lipinski definition) is 1. The number of likely N-dealkylation sites (N-methyl/N-ethyl adjacent to an activating group) is 1. The molecular formula is C19H21N9. The first-order chi connectivity index (χ1) is 13.6. The van der Waals surface area contributed by atoms with Crippen molar-refractivity contribution in [2.75, 3.05) is 37.4 Å². The average Bonchev–Trinajstić information content (AvgIpc) is 3.39. The van der Waals surface area contributed by atoms with Crippen molar-refractivity contribution >= 4 is 17.3 Å². The number of imidazole rings is 1. The van der Waals surface area contributed by atoms with Crippen LogP contribution in [0.25, 0.3) is 5.82 Å². The third-order valence-electron chi connectivity index (χ3n) is 4.86. The number of pyridine rings is 1. The van der Waals surface area contributed by atoms with E-state index in [0.29, 0.717) is 17.7 Å². The summed E-state index contributed by atoms with van der Waals surface area (Å²) < 4.78 is 1.84. The second kappa shape index (κ2) is 7.62. The minimum Gasteiger partial charge on any atom is -0.369 e. The quantitative estimate of drug-likeness (QED) is 0.721. The summed E-state index contributed by atoms with van der Waals surface area (Å²) in [5.41, 5.74) is 1.41. The molecule has 0 radical (unpaired) electrons. The second-order valence-electron chi connectivity index (χ2n) is 6.92. The van der Waals surface area contributed by atoms with E-state index < -0.39 is 0 Å². The van der Waals surface area contributed by atoms with Crippen LogP contribution >= 0.6 is 0 Å². The first-order valence-electron chi connectivity index (χ1n) is 9.03. The molecule has 3 aromatic heterocycles. The highest BCUT2D eigenvalue weighted by molar-refractivity contribution is 5.51. The van der Waals surface area contributed by atoms with Crippen LogP contribution in [0.5, 0.6) is 0 Å². The number of nitriles is 1. The smallest absolute Gasteiger partial charge is 0.158 e. The van der Waals surface area contributed by atoms with E-state index in [9.17, 15) is 0 Å². The topological polar surface area (TPSA) is 98.8 Å². The minimum absolute atomic E-state index is 0.273. The molecule has 0 aromatic carbocycles. The molecule has 0 saturated carbocycles. The van der Waals surface area contributed by atoms with Gasteiger partial charge in [0, 0.05) is 19.1 Å². The van der Waals surface area contributed by atoms with Crippen LogP contribution in [-0.2, 0) is 0 Å². The summed E-state index contributed by atoms with van der Waals surface area (Å²) in [6.07, 6.45) is 9.52. The summed E-state index contributed by atoms with van der Waals surface area (Å²) in [6.45, 7) is 2.08. The summed E-state index contributed by atoms with van der Waals surface area (Å²) in [5.74, 6) is 1.94. The van der Waals surface area contributed by atoms with Crippen molar-refractivity contribution in [2.45, 2.75) is 12.5 Å². The second-order valence-corrected chi connectivity index (χ2v) is 6.92. The van der Waals surface area contributed by atoms with Gasteiger partial charge in [-0.1, -0.05) is 0 Å². The normalized spacial score (nSPS) is 16.4. The molecule has 142 valence electrons. The third kappa shape index (κ3) is 3.77. The van der Waals surface area contributed by atoms with Crippen molar-refractivity contribution < 1.29 is 0 Å². The van der Waals surface area contributed by atoms with Crippen LogP contribution in [0.15, 0.2) is 43.2 Å². The molecule has 1 saturated heterocycles. The highest BCUT2D eigenvalue weighted by Crippen LogP contribution is 2.22. The Morgan fingerprint density at radius 1 is 1.11 bits per heavy atom. The van der Waals surface area contributed by atoms with Gasteiger partial charge in [-0.25, -0.2) is 19.9 Å². The van der Waals surface area contributed by atoms with Crippen LogP contribution < -0.4 is 10.2 Å². The van der Waals surface area contributed by atoms with Gasteiger partial charge in [0.2, 0.25) is 0 Å². The maximum atomic E-state index is 8.77. The largest absolute Gasteiger partial charge is 0.369 e. The lowest BCUT2D eigenvalue weighted by molar-refractivity contribution is 0.315. The molecule has 1 aliphatic rings. The average molecular weight is 375 g/mol. The Hall–Kier alpha value is -3.51. The summed E-state index contributed by atoms with van der Waals surface area (Å²) in [7, 11) is 4.26. The molecule has 0 spiro atoms. The molecule has 0 aliphatic carbocycles. The number of anilines is 3. The molecule has 1 aliphatic heterocycles. The molecule has 9 heteroatoms. The van der Waals surface area contributed by atoms with E-state index in [1.165, 1.54) is 18.8 Å². The Labute approximate surface area is 163 Å². The zero-order valence-electron chi connectivity index (χ0n) is 15.8. The lowest BCUT2D eigenvalue weighted by Gasteiger charge is -2.21. The predicted molar refractivity (Wildman–Crippen MR) is 106 cm³/mol. The molecule has 0 amide bonds.